The summed E-state index contributed by atoms with van der Waals surface area (Å²) in [4.78, 5) is 8.77. The molecule has 0 atom stereocenters. The number of nitrogens with zero attached hydrogens (tertiary/aromatic N) is 5. The van der Waals surface area contributed by atoms with Crippen molar-refractivity contribution in [2.24, 2.45) is 7.05 Å². The Labute approximate surface area is 174 Å². The predicted molar refractivity (Wildman–Crippen MR) is 117 cm³/mol. The third-order valence-corrected chi connectivity index (χ3v) is 4.67. The fraction of sp³-hybridized carbons (Fsp3) is 0.130. The zero-order valence-electron chi connectivity index (χ0n) is 16.9. The molecule has 0 bridgehead atoms. The normalized spacial score (nSPS) is 11.0. The molecule has 0 amide bonds. The number of rotatable bonds is 5. The molecular formula is C23H20N6O. The van der Waals surface area contributed by atoms with Gasteiger partial charge in [0.2, 0.25) is 11.8 Å². The number of benzene rings is 2. The first-order valence-corrected chi connectivity index (χ1v) is 9.40. The van der Waals surface area contributed by atoms with Crippen LogP contribution in [0.3, 0.4) is 0 Å². The van der Waals surface area contributed by atoms with Gasteiger partial charge in [-0.25, -0.2) is 4.98 Å². The van der Waals surface area contributed by atoms with Crippen molar-refractivity contribution in [2.45, 2.75) is 13.8 Å². The second-order valence-corrected chi connectivity index (χ2v) is 6.93. The first-order valence-electron chi connectivity index (χ1n) is 9.40. The molecule has 7 nitrogen and oxygen atoms in total. The fourth-order valence-corrected chi connectivity index (χ4v) is 3.31. The zero-order chi connectivity index (χ0) is 21.1. The molecule has 2 aromatic heterocycles. The Bertz CT molecular complexity index is 1280. The van der Waals surface area contributed by atoms with Crippen molar-refractivity contribution in [3.63, 3.8) is 0 Å². The lowest BCUT2D eigenvalue weighted by molar-refractivity contribution is 0.455. The van der Waals surface area contributed by atoms with Crippen LogP contribution in [-0.4, -0.2) is 19.7 Å². The molecule has 2 aromatic carbocycles. The molecule has 0 spiro atoms. The predicted octanol–water partition coefficient (Wildman–Crippen LogP) is 5.05. The van der Waals surface area contributed by atoms with E-state index >= 15 is 0 Å². The number of nitriles is 1. The van der Waals surface area contributed by atoms with Crippen LogP contribution in [0.4, 0.5) is 11.6 Å². The van der Waals surface area contributed by atoms with Crippen LogP contribution in [-0.2, 0) is 7.05 Å². The third kappa shape index (κ3) is 3.98. The van der Waals surface area contributed by atoms with E-state index < -0.39 is 0 Å². The molecule has 0 saturated heterocycles. The second kappa shape index (κ2) is 8.05. The van der Waals surface area contributed by atoms with Crippen molar-refractivity contribution in [1.82, 2.24) is 19.7 Å². The first kappa shape index (κ1) is 19.2. The summed E-state index contributed by atoms with van der Waals surface area (Å²) in [5.74, 6) is 1.63. The molecule has 7 heteroatoms. The quantitative estimate of drug-likeness (QED) is 0.475. The lowest BCUT2D eigenvalue weighted by Gasteiger charge is -2.13. The number of fused-ring (bicyclic) bond motifs is 1. The van der Waals surface area contributed by atoms with E-state index in [0.717, 1.165) is 39.0 Å². The van der Waals surface area contributed by atoms with Gasteiger partial charge in [0, 0.05) is 36.5 Å². The number of aryl methyl sites for hydroxylation is 3. The summed E-state index contributed by atoms with van der Waals surface area (Å²) in [6.07, 6.45) is 6.71. The Balaban J connectivity index is 1.56. The van der Waals surface area contributed by atoms with Gasteiger partial charge in [0.1, 0.15) is 5.75 Å². The molecule has 0 radical (unpaired) electrons. The van der Waals surface area contributed by atoms with Crippen LogP contribution in [0.25, 0.3) is 17.0 Å². The highest BCUT2D eigenvalue weighted by Gasteiger charge is 2.09. The Hall–Kier alpha value is -4.18. The standard InChI is InChI=1S/C23H20N6O/c1-15-11-17(5-4-9-24)12-16(2)22(15)30-21-8-10-25-23(28-21)27-19-6-7-20-18(13-19)14-26-29(20)3/h4-8,10-14H,1-3H3,(H,25,27,28)/b5-4+. The second-order valence-electron chi connectivity index (χ2n) is 6.93. The van der Waals surface area contributed by atoms with Crippen molar-refractivity contribution in [3.05, 3.63) is 71.6 Å². The largest absolute Gasteiger partial charge is 0.438 e. The van der Waals surface area contributed by atoms with E-state index in [4.69, 9.17) is 10.00 Å². The van der Waals surface area contributed by atoms with E-state index in [-0.39, 0.29) is 0 Å². The van der Waals surface area contributed by atoms with Crippen LogP contribution in [0, 0.1) is 25.2 Å². The average Bonchev–Trinajstić information content (AvgIpc) is 3.09. The Morgan fingerprint density at radius 1 is 1.13 bits per heavy atom. The highest BCUT2D eigenvalue weighted by Crippen LogP contribution is 2.30. The molecule has 0 aliphatic rings. The third-order valence-electron chi connectivity index (χ3n) is 4.67. The summed E-state index contributed by atoms with van der Waals surface area (Å²) < 4.78 is 7.89. The summed E-state index contributed by atoms with van der Waals surface area (Å²) in [5, 5.41) is 17.2. The van der Waals surface area contributed by atoms with E-state index in [1.54, 1.807) is 18.3 Å². The summed E-state index contributed by atoms with van der Waals surface area (Å²) in [7, 11) is 1.91. The maximum absolute atomic E-state index is 8.71. The highest BCUT2D eigenvalue weighted by atomic mass is 16.5. The molecule has 30 heavy (non-hydrogen) atoms. The number of hydrogen-bond acceptors (Lipinski definition) is 6. The number of hydrogen-bond donors (Lipinski definition) is 1. The van der Waals surface area contributed by atoms with Crippen LogP contribution in [0.15, 0.2) is 54.9 Å². The van der Waals surface area contributed by atoms with Gasteiger partial charge >= 0.3 is 0 Å². The summed E-state index contributed by atoms with van der Waals surface area (Å²) in [5.41, 5.74) is 4.80. The number of allylic oxidation sites excluding steroid dienone is 1. The SMILES string of the molecule is Cc1cc(/C=C/C#N)cc(C)c1Oc1ccnc(Nc2ccc3c(cnn3C)c2)n1. The van der Waals surface area contributed by atoms with Crippen LogP contribution in [0.1, 0.15) is 16.7 Å². The van der Waals surface area contributed by atoms with Gasteiger partial charge in [-0.3, -0.25) is 4.68 Å². The summed E-state index contributed by atoms with van der Waals surface area (Å²) in [6, 6.07) is 13.6. The average molecular weight is 396 g/mol. The van der Waals surface area contributed by atoms with Crippen molar-refractivity contribution in [1.29, 1.82) is 5.26 Å². The van der Waals surface area contributed by atoms with Crippen LogP contribution < -0.4 is 10.1 Å². The minimum absolute atomic E-state index is 0.444. The van der Waals surface area contributed by atoms with Crippen molar-refractivity contribution in [3.8, 4) is 17.7 Å². The molecule has 4 aromatic rings. The molecule has 148 valence electrons. The molecule has 0 aliphatic carbocycles. The molecule has 0 unspecified atom stereocenters. The van der Waals surface area contributed by atoms with Crippen molar-refractivity contribution >= 4 is 28.6 Å². The molecule has 2 heterocycles. The van der Waals surface area contributed by atoms with Gasteiger partial charge in [-0.05, 0) is 66.9 Å². The highest BCUT2D eigenvalue weighted by molar-refractivity contribution is 5.83. The van der Waals surface area contributed by atoms with Gasteiger partial charge in [-0.15, -0.1) is 0 Å². The van der Waals surface area contributed by atoms with Crippen LogP contribution >= 0.6 is 0 Å². The van der Waals surface area contributed by atoms with Crippen LogP contribution in [0.5, 0.6) is 11.6 Å². The van der Waals surface area contributed by atoms with E-state index in [2.05, 4.69) is 20.4 Å². The lowest BCUT2D eigenvalue weighted by Crippen LogP contribution is -1.99. The monoisotopic (exact) mass is 396 g/mol. The van der Waals surface area contributed by atoms with Crippen LogP contribution in [0.2, 0.25) is 0 Å². The molecule has 0 saturated carbocycles. The minimum atomic E-state index is 0.444. The van der Waals surface area contributed by atoms with E-state index in [9.17, 15) is 0 Å². The van der Waals surface area contributed by atoms with E-state index in [1.165, 1.54) is 6.08 Å². The minimum Gasteiger partial charge on any atom is -0.438 e. The Morgan fingerprint density at radius 2 is 1.93 bits per heavy atom. The smallest absolute Gasteiger partial charge is 0.230 e. The van der Waals surface area contributed by atoms with E-state index in [1.807, 2.05) is 68.2 Å². The number of ether oxygens (including phenoxy) is 1. The fourth-order valence-electron chi connectivity index (χ4n) is 3.31. The first-order chi connectivity index (χ1) is 14.5. The zero-order valence-corrected chi connectivity index (χ0v) is 16.9. The topological polar surface area (TPSA) is 88.6 Å². The number of nitrogens with one attached hydrogen (secondary N) is 1. The van der Waals surface area contributed by atoms with Gasteiger partial charge in [0.15, 0.2) is 0 Å². The Morgan fingerprint density at radius 3 is 2.70 bits per heavy atom. The van der Waals surface area contributed by atoms with Gasteiger partial charge < -0.3 is 10.1 Å². The van der Waals surface area contributed by atoms with Crippen molar-refractivity contribution in [2.75, 3.05) is 5.32 Å². The van der Waals surface area contributed by atoms with Gasteiger partial charge in [0.05, 0.1) is 17.8 Å². The number of anilines is 2. The molecule has 0 fully saturated rings. The molecule has 0 aliphatic heterocycles. The van der Waals surface area contributed by atoms with Gasteiger partial charge in [-0.1, -0.05) is 0 Å². The summed E-state index contributed by atoms with van der Waals surface area (Å²) >= 11 is 0. The maximum atomic E-state index is 8.71. The molecule has 4 rings (SSSR count). The number of aromatic nitrogens is 4. The van der Waals surface area contributed by atoms with Gasteiger partial charge in [-0.2, -0.15) is 15.3 Å². The van der Waals surface area contributed by atoms with Gasteiger partial charge in [0.25, 0.3) is 0 Å². The molecular weight excluding hydrogens is 376 g/mol. The lowest BCUT2D eigenvalue weighted by atomic mass is 10.1. The summed E-state index contributed by atoms with van der Waals surface area (Å²) in [6.45, 7) is 3.94. The van der Waals surface area contributed by atoms with Crippen molar-refractivity contribution < 1.29 is 4.74 Å². The maximum Gasteiger partial charge on any atom is 0.230 e. The van der Waals surface area contributed by atoms with E-state index in [0.29, 0.717) is 11.8 Å². The Kier molecular flexibility index (Phi) is 5.14. The molecule has 1 N–H and O–H groups in total.